The number of benzene rings is 2. The molecule has 0 aliphatic carbocycles. The standard InChI is InChI=1S/C16H16ClNO3/c1-2-20-15-9-12(16(18)19)5-8-14(15)21-10-11-3-6-13(17)7-4-11/h3-9H,2,10H2,1H3,(H2,18,19). The van der Waals surface area contributed by atoms with Crippen molar-refractivity contribution in [1.29, 1.82) is 0 Å². The topological polar surface area (TPSA) is 61.5 Å². The van der Waals surface area contributed by atoms with Crippen LogP contribution in [0.1, 0.15) is 22.8 Å². The summed E-state index contributed by atoms with van der Waals surface area (Å²) in [5.74, 6) is 0.569. The Hall–Kier alpha value is -2.20. The summed E-state index contributed by atoms with van der Waals surface area (Å²) in [6.07, 6.45) is 0. The summed E-state index contributed by atoms with van der Waals surface area (Å²) in [6.45, 7) is 2.71. The predicted octanol–water partition coefficient (Wildman–Crippen LogP) is 3.42. The lowest BCUT2D eigenvalue weighted by atomic mass is 10.2. The molecular formula is C16H16ClNO3. The summed E-state index contributed by atoms with van der Waals surface area (Å²) >= 11 is 5.84. The highest BCUT2D eigenvalue weighted by molar-refractivity contribution is 6.30. The molecule has 0 aliphatic heterocycles. The minimum Gasteiger partial charge on any atom is -0.490 e. The van der Waals surface area contributed by atoms with Gasteiger partial charge in [0.2, 0.25) is 5.91 Å². The molecule has 110 valence electrons. The Balaban J connectivity index is 2.14. The van der Waals surface area contributed by atoms with Gasteiger partial charge in [0, 0.05) is 10.6 Å². The fourth-order valence-electron chi connectivity index (χ4n) is 1.79. The lowest BCUT2D eigenvalue weighted by molar-refractivity contribution is 0.0999. The number of hydrogen-bond acceptors (Lipinski definition) is 3. The Bertz CT molecular complexity index is 626. The van der Waals surface area contributed by atoms with Gasteiger partial charge in [-0.2, -0.15) is 0 Å². The zero-order valence-electron chi connectivity index (χ0n) is 11.6. The zero-order valence-corrected chi connectivity index (χ0v) is 12.4. The predicted molar refractivity (Wildman–Crippen MR) is 81.9 cm³/mol. The van der Waals surface area contributed by atoms with Crippen LogP contribution >= 0.6 is 11.6 Å². The van der Waals surface area contributed by atoms with Crippen LogP contribution in [-0.2, 0) is 6.61 Å². The molecule has 2 rings (SSSR count). The molecule has 0 aliphatic rings. The van der Waals surface area contributed by atoms with Gasteiger partial charge in [-0.15, -0.1) is 0 Å². The first-order valence-corrected chi connectivity index (χ1v) is 6.92. The summed E-state index contributed by atoms with van der Waals surface area (Å²) in [6, 6.07) is 12.3. The highest BCUT2D eigenvalue weighted by Gasteiger charge is 2.09. The lowest BCUT2D eigenvalue weighted by Gasteiger charge is -2.12. The van der Waals surface area contributed by atoms with Crippen molar-refractivity contribution in [3.05, 3.63) is 58.6 Å². The van der Waals surface area contributed by atoms with E-state index in [9.17, 15) is 4.79 Å². The third kappa shape index (κ3) is 4.13. The van der Waals surface area contributed by atoms with E-state index in [0.717, 1.165) is 5.56 Å². The smallest absolute Gasteiger partial charge is 0.248 e. The van der Waals surface area contributed by atoms with Gasteiger partial charge in [0.15, 0.2) is 11.5 Å². The number of carbonyl (C=O) groups excluding carboxylic acids is 1. The first-order chi connectivity index (χ1) is 10.1. The monoisotopic (exact) mass is 305 g/mol. The normalized spacial score (nSPS) is 10.2. The van der Waals surface area contributed by atoms with Gasteiger partial charge in [0.1, 0.15) is 6.61 Å². The van der Waals surface area contributed by atoms with Gasteiger partial charge in [-0.25, -0.2) is 0 Å². The molecule has 21 heavy (non-hydrogen) atoms. The number of primary amides is 1. The Labute approximate surface area is 128 Å². The van der Waals surface area contributed by atoms with E-state index in [2.05, 4.69) is 0 Å². The Morgan fingerprint density at radius 1 is 1.10 bits per heavy atom. The quantitative estimate of drug-likeness (QED) is 0.889. The number of rotatable bonds is 6. The molecule has 0 fully saturated rings. The van der Waals surface area contributed by atoms with Crippen LogP contribution in [0.3, 0.4) is 0 Å². The molecule has 0 spiro atoms. The SMILES string of the molecule is CCOc1cc(C(N)=O)ccc1OCc1ccc(Cl)cc1. The van der Waals surface area contributed by atoms with Crippen molar-refractivity contribution >= 4 is 17.5 Å². The molecule has 0 bridgehead atoms. The molecule has 0 unspecified atom stereocenters. The lowest BCUT2D eigenvalue weighted by Crippen LogP contribution is -2.11. The molecule has 0 radical (unpaired) electrons. The third-order valence-electron chi connectivity index (χ3n) is 2.84. The summed E-state index contributed by atoms with van der Waals surface area (Å²) in [4.78, 5) is 11.2. The van der Waals surface area contributed by atoms with Crippen molar-refractivity contribution in [2.24, 2.45) is 5.73 Å². The van der Waals surface area contributed by atoms with Crippen molar-refractivity contribution in [2.45, 2.75) is 13.5 Å². The largest absolute Gasteiger partial charge is 0.490 e. The van der Waals surface area contributed by atoms with E-state index < -0.39 is 5.91 Å². The molecule has 2 aromatic carbocycles. The van der Waals surface area contributed by atoms with Crippen molar-refractivity contribution in [2.75, 3.05) is 6.61 Å². The minimum atomic E-state index is -0.500. The Morgan fingerprint density at radius 2 is 1.81 bits per heavy atom. The molecule has 5 heteroatoms. The summed E-state index contributed by atoms with van der Waals surface area (Å²) in [7, 11) is 0. The minimum absolute atomic E-state index is 0.382. The van der Waals surface area contributed by atoms with E-state index in [4.69, 9.17) is 26.8 Å². The van der Waals surface area contributed by atoms with Gasteiger partial charge >= 0.3 is 0 Å². The molecule has 0 saturated heterocycles. The van der Waals surface area contributed by atoms with E-state index in [-0.39, 0.29) is 0 Å². The maximum absolute atomic E-state index is 11.2. The molecule has 2 aromatic rings. The van der Waals surface area contributed by atoms with Gasteiger partial charge in [-0.1, -0.05) is 23.7 Å². The van der Waals surface area contributed by atoms with Crippen LogP contribution in [0.2, 0.25) is 5.02 Å². The molecule has 0 saturated carbocycles. The van der Waals surface area contributed by atoms with E-state index in [1.165, 1.54) is 0 Å². The van der Waals surface area contributed by atoms with E-state index in [1.54, 1.807) is 30.3 Å². The van der Waals surface area contributed by atoms with Gasteiger partial charge in [-0.05, 0) is 42.8 Å². The maximum atomic E-state index is 11.2. The average molecular weight is 306 g/mol. The van der Waals surface area contributed by atoms with Crippen molar-refractivity contribution in [1.82, 2.24) is 0 Å². The average Bonchev–Trinajstić information content (AvgIpc) is 2.47. The molecule has 0 heterocycles. The molecule has 0 atom stereocenters. The van der Waals surface area contributed by atoms with Crippen molar-refractivity contribution < 1.29 is 14.3 Å². The van der Waals surface area contributed by atoms with Gasteiger partial charge in [0.05, 0.1) is 6.61 Å². The first-order valence-electron chi connectivity index (χ1n) is 6.54. The molecule has 2 N–H and O–H groups in total. The summed E-state index contributed by atoms with van der Waals surface area (Å²) in [5.41, 5.74) is 6.63. The summed E-state index contributed by atoms with van der Waals surface area (Å²) < 4.78 is 11.2. The maximum Gasteiger partial charge on any atom is 0.248 e. The number of nitrogens with two attached hydrogens (primary N) is 1. The van der Waals surface area contributed by atoms with Crippen LogP contribution in [0, 0.1) is 0 Å². The highest BCUT2D eigenvalue weighted by atomic mass is 35.5. The Morgan fingerprint density at radius 3 is 2.43 bits per heavy atom. The van der Waals surface area contributed by atoms with Crippen LogP contribution in [0.4, 0.5) is 0 Å². The zero-order chi connectivity index (χ0) is 15.2. The van der Waals surface area contributed by atoms with Crippen LogP contribution in [0.25, 0.3) is 0 Å². The first kappa shape index (κ1) is 15.2. The molecule has 4 nitrogen and oxygen atoms in total. The summed E-state index contributed by atoms with van der Waals surface area (Å²) in [5, 5.41) is 0.680. The van der Waals surface area contributed by atoms with E-state index in [0.29, 0.717) is 35.3 Å². The Kier molecular flexibility index (Phi) is 5.06. The second-order valence-electron chi connectivity index (χ2n) is 4.37. The van der Waals surface area contributed by atoms with Crippen LogP contribution in [0.15, 0.2) is 42.5 Å². The number of carbonyl (C=O) groups is 1. The van der Waals surface area contributed by atoms with E-state index >= 15 is 0 Å². The second kappa shape index (κ2) is 6.99. The second-order valence-corrected chi connectivity index (χ2v) is 4.81. The molecule has 0 aromatic heterocycles. The molecular weight excluding hydrogens is 290 g/mol. The van der Waals surface area contributed by atoms with Crippen LogP contribution < -0.4 is 15.2 Å². The molecule has 1 amide bonds. The third-order valence-corrected chi connectivity index (χ3v) is 3.09. The van der Waals surface area contributed by atoms with Crippen molar-refractivity contribution in [3.8, 4) is 11.5 Å². The highest BCUT2D eigenvalue weighted by Crippen LogP contribution is 2.29. The number of halogens is 1. The van der Waals surface area contributed by atoms with E-state index in [1.807, 2.05) is 19.1 Å². The fourth-order valence-corrected chi connectivity index (χ4v) is 1.92. The van der Waals surface area contributed by atoms with Gasteiger partial charge < -0.3 is 15.2 Å². The van der Waals surface area contributed by atoms with Crippen molar-refractivity contribution in [3.63, 3.8) is 0 Å². The number of ether oxygens (including phenoxy) is 2. The number of hydrogen-bond donors (Lipinski definition) is 1. The van der Waals surface area contributed by atoms with Gasteiger partial charge in [-0.3, -0.25) is 4.79 Å². The fraction of sp³-hybridized carbons (Fsp3) is 0.188. The van der Waals surface area contributed by atoms with Crippen LogP contribution in [-0.4, -0.2) is 12.5 Å². The number of amides is 1. The van der Waals surface area contributed by atoms with Gasteiger partial charge in [0.25, 0.3) is 0 Å². The van der Waals surface area contributed by atoms with Crippen LogP contribution in [0.5, 0.6) is 11.5 Å².